The van der Waals surface area contributed by atoms with Crippen molar-refractivity contribution in [2.24, 2.45) is 0 Å². The average molecular weight is 360 g/mol. The third kappa shape index (κ3) is 4.33. The first-order chi connectivity index (χ1) is 12.0. The van der Waals surface area contributed by atoms with Gasteiger partial charge in [0.15, 0.2) is 6.61 Å². The van der Waals surface area contributed by atoms with Gasteiger partial charge in [-0.25, -0.2) is 0 Å². The first-order valence-electron chi connectivity index (χ1n) is 8.31. The highest BCUT2D eigenvalue weighted by Crippen LogP contribution is 2.31. The van der Waals surface area contributed by atoms with Crippen LogP contribution in [0.3, 0.4) is 0 Å². The molecule has 0 N–H and O–H groups in total. The largest absolute Gasteiger partial charge is 0.484 e. The maximum absolute atomic E-state index is 12.8. The van der Waals surface area contributed by atoms with Gasteiger partial charge in [-0.2, -0.15) is 0 Å². The van der Waals surface area contributed by atoms with Crippen LogP contribution in [0.2, 0.25) is 5.02 Å². The van der Waals surface area contributed by atoms with Gasteiger partial charge in [-0.15, -0.1) is 0 Å². The van der Waals surface area contributed by atoms with E-state index >= 15 is 0 Å². The highest BCUT2D eigenvalue weighted by Gasteiger charge is 2.38. The molecule has 0 saturated carbocycles. The number of para-hydroxylation sites is 1. The summed E-state index contributed by atoms with van der Waals surface area (Å²) in [6, 6.07) is 16.9. The van der Waals surface area contributed by atoms with Crippen LogP contribution in [-0.2, 0) is 9.53 Å². The van der Waals surface area contributed by atoms with E-state index in [9.17, 15) is 4.79 Å². The van der Waals surface area contributed by atoms with E-state index in [0.29, 0.717) is 23.9 Å². The lowest BCUT2D eigenvalue weighted by Gasteiger charge is -2.45. The van der Waals surface area contributed by atoms with Gasteiger partial charge in [0.2, 0.25) is 0 Å². The number of morpholine rings is 1. The van der Waals surface area contributed by atoms with Crippen LogP contribution in [0.5, 0.6) is 5.75 Å². The van der Waals surface area contributed by atoms with Gasteiger partial charge in [0.1, 0.15) is 11.9 Å². The maximum atomic E-state index is 12.8. The van der Waals surface area contributed by atoms with Crippen LogP contribution in [0.4, 0.5) is 0 Å². The zero-order valence-corrected chi connectivity index (χ0v) is 15.2. The Morgan fingerprint density at radius 3 is 2.72 bits per heavy atom. The van der Waals surface area contributed by atoms with Gasteiger partial charge in [-0.05, 0) is 43.7 Å². The summed E-state index contributed by atoms with van der Waals surface area (Å²) in [5, 5.41) is 0.663. The Morgan fingerprint density at radius 2 is 2.00 bits per heavy atom. The fraction of sp³-hybridized carbons (Fsp3) is 0.350. The van der Waals surface area contributed by atoms with Crippen molar-refractivity contribution < 1.29 is 14.3 Å². The molecule has 0 bridgehead atoms. The minimum absolute atomic E-state index is 0.00963. The Hall–Kier alpha value is -2.04. The molecular formula is C20H22ClNO3. The number of nitrogens with zero attached hydrogens (tertiary/aromatic N) is 1. The molecule has 5 heteroatoms. The third-order valence-corrected chi connectivity index (χ3v) is 4.58. The van der Waals surface area contributed by atoms with E-state index in [1.165, 1.54) is 0 Å². The van der Waals surface area contributed by atoms with Crippen LogP contribution in [0.15, 0.2) is 54.6 Å². The van der Waals surface area contributed by atoms with Crippen LogP contribution in [0.1, 0.15) is 25.5 Å². The monoisotopic (exact) mass is 359 g/mol. The van der Waals surface area contributed by atoms with Gasteiger partial charge in [-0.3, -0.25) is 4.79 Å². The molecule has 0 aliphatic carbocycles. The molecule has 25 heavy (non-hydrogen) atoms. The Morgan fingerprint density at radius 1 is 1.24 bits per heavy atom. The number of benzene rings is 2. The van der Waals surface area contributed by atoms with E-state index in [1.807, 2.05) is 73.3 Å². The molecular weight excluding hydrogens is 338 g/mol. The molecule has 1 aliphatic heterocycles. The lowest BCUT2D eigenvalue weighted by atomic mass is 9.98. The van der Waals surface area contributed by atoms with Crippen LogP contribution >= 0.6 is 11.6 Å². The van der Waals surface area contributed by atoms with Crippen molar-refractivity contribution in [3.05, 3.63) is 65.2 Å². The zero-order valence-electron chi connectivity index (χ0n) is 14.4. The zero-order chi connectivity index (χ0) is 17.9. The first kappa shape index (κ1) is 17.8. The number of rotatable bonds is 4. The van der Waals surface area contributed by atoms with E-state index < -0.39 is 0 Å². The molecule has 1 unspecified atom stereocenters. The van der Waals surface area contributed by atoms with E-state index in [2.05, 4.69) is 0 Å². The minimum Gasteiger partial charge on any atom is -0.484 e. The Kier molecular flexibility index (Phi) is 5.30. The van der Waals surface area contributed by atoms with Crippen LogP contribution in [0.25, 0.3) is 0 Å². The molecule has 0 spiro atoms. The van der Waals surface area contributed by atoms with Gasteiger partial charge in [0, 0.05) is 5.02 Å². The van der Waals surface area contributed by atoms with E-state index in [-0.39, 0.29) is 24.2 Å². The van der Waals surface area contributed by atoms with E-state index in [1.54, 1.807) is 0 Å². The number of hydrogen-bond acceptors (Lipinski definition) is 3. The molecule has 3 rings (SSSR count). The molecule has 1 saturated heterocycles. The molecule has 2 aromatic carbocycles. The number of hydrogen-bond donors (Lipinski definition) is 0. The molecule has 132 valence electrons. The summed E-state index contributed by atoms with van der Waals surface area (Å²) >= 11 is 6.08. The van der Waals surface area contributed by atoms with E-state index in [0.717, 1.165) is 5.56 Å². The van der Waals surface area contributed by atoms with Gasteiger partial charge < -0.3 is 14.4 Å². The van der Waals surface area contributed by atoms with Crippen LogP contribution in [-0.4, -0.2) is 36.1 Å². The minimum atomic E-state index is -0.383. The van der Waals surface area contributed by atoms with Crippen molar-refractivity contribution in [2.45, 2.75) is 25.5 Å². The number of amides is 1. The number of carbonyl (C=O) groups is 1. The predicted molar refractivity (Wildman–Crippen MR) is 97.9 cm³/mol. The summed E-state index contributed by atoms with van der Waals surface area (Å²) in [5.74, 6) is 0.637. The first-order valence-corrected chi connectivity index (χ1v) is 8.69. The van der Waals surface area contributed by atoms with Crippen molar-refractivity contribution in [2.75, 3.05) is 19.8 Å². The van der Waals surface area contributed by atoms with Gasteiger partial charge in [0.05, 0.1) is 18.7 Å². The van der Waals surface area contributed by atoms with Crippen molar-refractivity contribution in [3.8, 4) is 5.75 Å². The third-order valence-electron chi connectivity index (χ3n) is 4.34. The SMILES string of the molecule is CC1(C)COC(c2cccc(Cl)c2)CN1C(=O)COc1ccccc1. The molecule has 1 heterocycles. The molecule has 1 atom stereocenters. The van der Waals surface area contributed by atoms with Gasteiger partial charge in [0.25, 0.3) is 5.91 Å². The molecule has 1 amide bonds. The van der Waals surface area contributed by atoms with E-state index in [4.69, 9.17) is 21.1 Å². The highest BCUT2D eigenvalue weighted by atomic mass is 35.5. The molecule has 0 radical (unpaired) electrons. The Balaban J connectivity index is 1.69. The summed E-state index contributed by atoms with van der Waals surface area (Å²) < 4.78 is 11.6. The Bertz CT molecular complexity index is 733. The normalized spacial score (nSPS) is 19.5. The lowest BCUT2D eigenvalue weighted by molar-refractivity contribution is -0.156. The number of carbonyl (C=O) groups excluding carboxylic acids is 1. The molecule has 2 aromatic rings. The van der Waals surface area contributed by atoms with Gasteiger partial charge in [-0.1, -0.05) is 41.9 Å². The fourth-order valence-electron chi connectivity index (χ4n) is 2.94. The summed E-state index contributed by atoms with van der Waals surface area (Å²) in [5.41, 5.74) is 0.594. The molecule has 1 fully saturated rings. The second kappa shape index (κ2) is 7.46. The van der Waals surface area contributed by atoms with Crippen molar-refractivity contribution in [1.29, 1.82) is 0 Å². The smallest absolute Gasteiger partial charge is 0.261 e. The quantitative estimate of drug-likeness (QED) is 0.825. The second-order valence-corrected chi connectivity index (χ2v) is 7.21. The molecule has 4 nitrogen and oxygen atoms in total. The van der Waals surface area contributed by atoms with Crippen molar-refractivity contribution in [3.63, 3.8) is 0 Å². The fourth-order valence-corrected chi connectivity index (χ4v) is 3.13. The summed E-state index contributed by atoms with van der Waals surface area (Å²) in [4.78, 5) is 14.6. The lowest BCUT2D eigenvalue weighted by Crippen LogP contribution is -2.57. The van der Waals surface area contributed by atoms with Crippen LogP contribution < -0.4 is 4.74 Å². The summed E-state index contributed by atoms with van der Waals surface area (Å²) in [6.45, 7) is 4.95. The van der Waals surface area contributed by atoms with Gasteiger partial charge >= 0.3 is 0 Å². The highest BCUT2D eigenvalue weighted by molar-refractivity contribution is 6.30. The summed E-state index contributed by atoms with van der Waals surface area (Å²) in [7, 11) is 0. The topological polar surface area (TPSA) is 38.8 Å². The summed E-state index contributed by atoms with van der Waals surface area (Å²) in [6.07, 6.45) is -0.188. The number of halogens is 1. The predicted octanol–water partition coefficient (Wildman–Crippen LogP) is 4.10. The van der Waals surface area contributed by atoms with Crippen molar-refractivity contribution >= 4 is 17.5 Å². The Labute approximate surface area is 153 Å². The molecule has 1 aliphatic rings. The van der Waals surface area contributed by atoms with Crippen LogP contribution in [0, 0.1) is 0 Å². The molecule has 0 aromatic heterocycles. The number of ether oxygens (including phenoxy) is 2. The average Bonchev–Trinajstić information content (AvgIpc) is 2.60. The second-order valence-electron chi connectivity index (χ2n) is 6.77. The standard InChI is InChI=1S/C20H22ClNO3/c1-20(2)14-25-18(15-7-6-8-16(21)11-15)12-22(20)19(23)13-24-17-9-4-3-5-10-17/h3-11,18H,12-14H2,1-2H3. The van der Waals surface area contributed by atoms with Crippen molar-refractivity contribution in [1.82, 2.24) is 4.90 Å². The maximum Gasteiger partial charge on any atom is 0.261 e.